The van der Waals surface area contributed by atoms with Crippen LogP contribution in [-0.4, -0.2) is 22.2 Å². The number of nitrogens with zero attached hydrogens (tertiary/aromatic N) is 2. The van der Waals surface area contributed by atoms with Crippen molar-refractivity contribution in [3.8, 4) is 0 Å². The Hall–Kier alpha value is -1.00. The van der Waals surface area contributed by atoms with Crippen molar-refractivity contribution in [3.05, 3.63) is 23.3 Å². The summed E-state index contributed by atoms with van der Waals surface area (Å²) in [6.07, 6.45) is 1.12. The number of aliphatic hydroxyl groups excluding tert-OH is 1. The zero-order valence-corrected chi connectivity index (χ0v) is 8.11. The lowest BCUT2D eigenvalue weighted by Crippen LogP contribution is -2.04. The SMILES string of the molecule is COCc1ncc(C(C)O)c(C)n1. The van der Waals surface area contributed by atoms with Crippen molar-refractivity contribution >= 4 is 0 Å². The molecule has 0 radical (unpaired) electrons. The molecule has 1 aromatic heterocycles. The van der Waals surface area contributed by atoms with E-state index in [-0.39, 0.29) is 0 Å². The van der Waals surface area contributed by atoms with Gasteiger partial charge in [0.1, 0.15) is 6.61 Å². The zero-order chi connectivity index (χ0) is 9.84. The van der Waals surface area contributed by atoms with Crippen LogP contribution < -0.4 is 0 Å². The molecular formula is C9H14N2O2. The lowest BCUT2D eigenvalue weighted by Gasteiger charge is -2.08. The molecule has 0 aliphatic carbocycles. The number of hydrogen-bond acceptors (Lipinski definition) is 4. The van der Waals surface area contributed by atoms with Crippen molar-refractivity contribution in [2.24, 2.45) is 0 Å². The molecule has 1 aromatic rings. The average Bonchev–Trinajstić information content (AvgIpc) is 2.04. The van der Waals surface area contributed by atoms with Crippen molar-refractivity contribution in [1.29, 1.82) is 0 Å². The molecule has 1 atom stereocenters. The first-order valence-electron chi connectivity index (χ1n) is 4.14. The van der Waals surface area contributed by atoms with E-state index in [1.807, 2.05) is 6.92 Å². The minimum absolute atomic E-state index is 0.404. The number of rotatable bonds is 3. The normalized spacial score (nSPS) is 12.9. The number of aliphatic hydroxyl groups is 1. The summed E-state index contributed by atoms with van der Waals surface area (Å²) in [4.78, 5) is 8.24. The third-order valence-electron chi connectivity index (χ3n) is 1.79. The van der Waals surface area contributed by atoms with Crippen LogP contribution in [0.2, 0.25) is 0 Å². The highest BCUT2D eigenvalue weighted by Crippen LogP contribution is 2.13. The van der Waals surface area contributed by atoms with Crippen molar-refractivity contribution in [2.45, 2.75) is 26.6 Å². The van der Waals surface area contributed by atoms with Crippen LogP contribution in [-0.2, 0) is 11.3 Å². The Morgan fingerprint density at radius 2 is 2.31 bits per heavy atom. The summed E-state index contributed by atoms with van der Waals surface area (Å²) in [7, 11) is 1.60. The molecule has 72 valence electrons. The molecule has 0 saturated carbocycles. The van der Waals surface area contributed by atoms with Gasteiger partial charge in [-0.1, -0.05) is 0 Å². The lowest BCUT2D eigenvalue weighted by atomic mass is 10.1. The Kier molecular flexibility index (Phi) is 3.33. The van der Waals surface area contributed by atoms with Gasteiger partial charge in [0, 0.05) is 24.6 Å². The molecule has 1 N–H and O–H groups in total. The van der Waals surface area contributed by atoms with Gasteiger partial charge in [0.15, 0.2) is 5.82 Å². The molecule has 4 heteroatoms. The van der Waals surface area contributed by atoms with Crippen LogP contribution in [0.3, 0.4) is 0 Å². The molecule has 0 aromatic carbocycles. The summed E-state index contributed by atoms with van der Waals surface area (Å²) in [6.45, 7) is 3.95. The predicted molar refractivity (Wildman–Crippen MR) is 48.1 cm³/mol. The maximum Gasteiger partial charge on any atom is 0.154 e. The standard InChI is InChI=1S/C9H14N2O2/c1-6-8(7(2)12)4-10-9(11-6)5-13-3/h4,7,12H,5H2,1-3H3. The molecule has 0 bridgehead atoms. The lowest BCUT2D eigenvalue weighted by molar-refractivity contribution is 0.176. The Balaban J connectivity index is 2.92. The molecule has 1 unspecified atom stereocenters. The topological polar surface area (TPSA) is 55.2 Å². The molecular weight excluding hydrogens is 168 g/mol. The van der Waals surface area contributed by atoms with Gasteiger partial charge in [-0.25, -0.2) is 9.97 Å². The third-order valence-corrected chi connectivity index (χ3v) is 1.79. The minimum Gasteiger partial charge on any atom is -0.389 e. The molecule has 0 aliphatic heterocycles. The quantitative estimate of drug-likeness (QED) is 0.757. The van der Waals surface area contributed by atoms with Crippen molar-refractivity contribution in [2.75, 3.05) is 7.11 Å². The van der Waals surface area contributed by atoms with Gasteiger partial charge in [0.05, 0.1) is 6.10 Å². The second-order valence-corrected chi connectivity index (χ2v) is 2.94. The molecule has 1 heterocycles. The summed E-state index contributed by atoms with van der Waals surface area (Å²) < 4.78 is 4.90. The predicted octanol–water partition coefficient (Wildman–Crippen LogP) is 0.985. The van der Waals surface area contributed by atoms with Gasteiger partial charge in [0.2, 0.25) is 0 Å². The van der Waals surface area contributed by atoms with E-state index in [9.17, 15) is 5.11 Å². The Morgan fingerprint density at radius 1 is 1.62 bits per heavy atom. The maximum absolute atomic E-state index is 9.31. The summed E-state index contributed by atoms with van der Waals surface area (Å²) in [6, 6.07) is 0. The van der Waals surface area contributed by atoms with E-state index in [0.717, 1.165) is 11.3 Å². The second-order valence-electron chi connectivity index (χ2n) is 2.94. The van der Waals surface area contributed by atoms with Crippen LogP contribution in [0.1, 0.15) is 30.1 Å². The zero-order valence-electron chi connectivity index (χ0n) is 8.11. The Morgan fingerprint density at radius 3 is 2.77 bits per heavy atom. The number of methoxy groups -OCH3 is 1. The monoisotopic (exact) mass is 182 g/mol. The smallest absolute Gasteiger partial charge is 0.154 e. The van der Waals surface area contributed by atoms with Gasteiger partial charge in [-0.05, 0) is 13.8 Å². The van der Waals surface area contributed by atoms with Gasteiger partial charge < -0.3 is 9.84 Å². The summed E-state index contributed by atoms with van der Waals surface area (Å²) in [5.74, 6) is 0.643. The molecule has 1 rings (SSSR count). The second kappa shape index (κ2) is 4.30. The minimum atomic E-state index is -0.517. The van der Waals surface area contributed by atoms with Crippen molar-refractivity contribution in [3.63, 3.8) is 0 Å². The first-order valence-corrected chi connectivity index (χ1v) is 4.14. The van der Waals surface area contributed by atoms with E-state index in [2.05, 4.69) is 9.97 Å². The van der Waals surface area contributed by atoms with E-state index in [4.69, 9.17) is 4.74 Å². The molecule has 13 heavy (non-hydrogen) atoms. The Labute approximate surface area is 77.6 Å². The van der Waals surface area contributed by atoms with Crippen LogP contribution >= 0.6 is 0 Å². The first kappa shape index (κ1) is 10.1. The number of aryl methyl sites for hydroxylation is 1. The average molecular weight is 182 g/mol. The van der Waals surface area contributed by atoms with E-state index < -0.39 is 6.10 Å². The first-order chi connectivity index (χ1) is 6.15. The summed E-state index contributed by atoms with van der Waals surface area (Å²) in [5.41, 5.74) is 1.57. The Bertz CT molecular complexity index is 287. The number of hydrogen-bond donors (Lipinski definition) is 1. The van der Waals surface area contributed by atoms with Crippen molar-refractivity contribution < 1.29 is 9.84 Å². The molecule has 0 saturated heterocycles. The van der Waals surface area contributed by atoms with Crippen LogP contribution in [0.4, 0.5) is 0 Å². The molecule has 4 nitrogen and oxygen atoms in total. The maximum atomic E-state index is 9.31. The largest absolute Gasteiger partial charge is 0.389 e. The highest BCUT2D eigenvalue weighted by atomic mass is 16.5. The molecule has 0 aliphatic rings. The molecule has 0 amide bonds. The van der Waals surface area contributed by atoms with Gasteiger partial charge in [-0.15, -0.1) is 0 Å². The van der Waals surface area contributed by atoms with E-state index in [0.29, 0.717) is 12.4 Å². The number of ether oxygens (including phenoxy) is 1. The van der Waals surface area contributed by atoms with Crippen LogP contribution in [0, 0.1) is 6.92 Å². The van der Waals surface area contributed by atoms with E-state index >= 15 is 0 Å². The van der Waals surface area contributed by atoms with Gasteiger partial charge in [0.25, 0.3) is 0 Å². The molecule has 0 spiro atoms. The summed E-state index contributed by atoms with van der Waals surface area (Å²) in [5, 5.41) is 9.31. The van der Waals surface area contributed by atoms with Crippen LogP contribution in [0.25, 0.3) is 0 Å². The molecule has 0 fully saturated rings. The van der Waals surface area contributed by atoms with Crippen LogP contribution in [0.5, 0.6) is 0 Å². The van der Waals surface area contributed by atoms with E-state index in [1.165, 1.54) is 0 Å². The highest BCUT2D eigenvalue weighted by molar-refractivity contribution is 5.18. The van der Waals surface area contributed by atoms with Gasteiger partial charge >= 0.3 is 0 Å². The fourth-order valence-corrected chi connectivity index (χ4v) is 1.13. The summed E-state index contributed by atoms with van der Waals surface area (Å²) >= 11 is 0. The van der Waals surface area contributed by atoms with E-state index in [1.54, 1.807) is 20.2 Å². The fourth-order valence-electron chi connectivity index (χ4n) is 1.13. The van der Waals surface area contributed by atoms with Crippen molar-refractivity contribution in [1.82, 2.24) is 9.97 Å². The fraction of sp³-hybridized carbons (Fsp3) is 0.556. The van der Waals surface area contributed by atoms with Gasteiger partial charge in [-0.3, -0.25) is 0 Å². The number of aromatic nitrogens is 2. The highest BCUT2D eigenvalue weighted by Gasteiger charge is 2.07. The van der Waals surface area contributed by atoms with Crippen LogP contribution in [0.15, 0.2) is 6.20 Å². The van der Waals surface area contributed by atoms with Gasteiger partial charge in [-0.2, -0.15) is 0 Å². The third kappa shape index (κ3) is 2.47.